The first-order chi connectivity index (χ1) is 14.4. The third-order valence-corrected chi connectivity index (χ3v) is 7.44. The first-order valence-electron chi connectivity index (χ1n) is 10.1. The molecule has 1 atom stereocenters. The molecular formula is C23H30BBr2NO4. The summed E-state index contributed by atoms with van der Waals surface area (Å²) in [5.41, 5.74) is 2.23. The van der Waals surface area contributed by atoms with Crippen LogP contribution in [0, 0.1) is 0 Å². The summed E-state index contributed by atoms with van der Waals surface area (Å²) >= 11 is 7.20. The van der Waals surface area contributed by atoms with Gasteiger partial charge in [0.2, 0.25) is 0 Å². The van der Waals surface area contributed by atoms with Gasteiger partial charge in [-0.2, -0.15) is 0 Å². The maximum atomic E-state index is 6.41. The van der Waals surface area contributed by atoms with Crippen LogP contribution in [0.25, 0.3) is 0 Å². The molecule has 2 aromatic rings. The van der Waals surface area contributed by atoms with E-state index in [-0.39, 0.29) is 6.04 Å². The molecule has 1 heterocycles. The first kappa shape index (κ1) is 24.6. The van der Waals surface area contributed by atoms with E-state index in [9.17, 15) is 0 Å². The van der Waals surface area contributed by atoms with Gasteiger partial charge in [0.25, 0.3) is 0 Å². The van der Waals surface area contributed by atoms with Gasteiger partial charge in [0.05, 0.1) is 40.4 Å². The number of ether oxygens (including phenoxy) is 2. The number of nitrogens with zero attached hydrogens (tertiary/aromatic N) is 1. The second-order valence-corrected chi connectivity index (χ2v) is 10.7. The lowest BCUT2D eigenvalue weighted by atomic mass is 9.73. The van der Waals surface area contributed by atoms with Gasteiger partial charge in [-0.25, -0.2) is 0 Å². The molecule has 3 rings (SSSR count). The minimum absolute atomic E-state index is 0.0713. The van der Waals surface area contributed by atoms with Gasteiger partial charge in [-0.1, -0.05) is 6.07 Å². The second kappa shape index (κ2) is 9.06. The lowest BCUT2D eigenvalue weighted by Crippen LogP contribution is -2.41. The van der Waals surface area contributed by atoms with Crippen LogP contribution in [0.15, 0.2) is 39.3 Å². The highest BCUT2D eigenvalue weighted by molar-refractivity contribution is 9.10. The van der Waals surface area contributed by atoms with E-state index in [1.165, 1.54) is 0 Å². The van der Waals surface area contributed by atoms with Gasteiger partial charge in [0, 0.05) is 0 Å². The Hall–Kier alpha value is -1.06. The second-order valence-electron chi connectivity index (χ2n) is 8.96. The largest absolute Gasteiger partial charge is 0.496 e. The molecule has 31 heavy (non-hydrogen) atoms. The van der Waals surface area contributed by atoms with Crippen molar-refractivity contribution in [2.24, 2.45) is 0 Å². The fraction of sp³-hybridized carbons (Fsp3) is 0.478. The molecule has 0 amide bonds. The summed E-state index contributed by atoms with van der Waals surface area (Å²) in [5, 5.41) is 0. The van der Waals surface area contributed by atoms with Crippen LogP contribution < -0.4 is 14.9 Å². The Morgan fingerprint density at radius 3 is 1.94 bits per heavy atom. The Labute approximate surface area is 202 Å². The Morgan fingerprint density at radius 2 is 1.42 bits per heavy atom. The summed E-state index contributed by atoms with van der Waals surface area (Å²) in [5.74, 6) is 1.54. The summed E-state index contributed by atoms with van der Waals surface area (Å²) in [7, 11) is 6.96. The van der Waals surface area contributed by atoms with Crippen molar-refractivity contribution in [3.05, 3.63) is 50.4 Å². The Balaban J connectivity index is 2.20. The first-order valence-corrected chi connectivity index (χ1v) is 11.7. The molecule has 1 saturated heterocycles. The van der Waals surface area contributed by atoms with Gasteiger partial charge in [-0.05, 0) is 115 Å². The average molecular weight is 555 g/mol. The molecule has 0 saturated carbocycles. The van der Waals surface area contributed by atoms with Crippen molar-refractivity contribution in [2.75, 3.05) is 28.3 Å². The van der Waals surface area contributed by atoms with Crippen LogP contribution in [-0.2, 0) is 9.31 Å². The van der Waals surface area contributed by atoms with Crippen molar-refractivity contribution in [2.45, 2.75) is 44.9 Å². The fourth-order valence-corrected chi connectivity index (χ4v) is 4.69. The van der Waals surface area contributed by atoms with Crippen molar-refractivity contribution in [3.63, 3.8) is 0 Å². The van der Waals surface area contributed by atoms with E-state index in [0.717, 1.165) is 37.0 Å². The summed E-state index contributed by atoms with van der Waals surface area (Å²) in [6.07, 6.45) is 0. The molecule has 1 aliphatic rings. The van der Waals surface area contributed by atoms with Crippen molar-refractivity contribution in [1.29, 1.82) is 0 Å². The monoisotopic (exact) mass is 553 g/mol. The molecule has 1 aliphatic heterocycles. The SMILES string of the molecule is COc1cc([C@@H](c2cc(OC)c(Br)cc2B2OC(C)(C)C(C)(C)O2)N(C)C)ccc1Br. The van der Waals surface area contributed by atoms with Gasteiger partial charge in [0.15, 0.2) is 0 Å². The average Bonchev–Trinajstić information content (AvgIpc) is 2.90. The third-order valence-electron chi connectivity index (χ3n) is 6.17. The van der Waals surface area contributed by atoms with Crippen LogP contribution in [0.3, 0.4) is 0 Å². The zero-order valence-corrected chi connectivity index (χ0v) is 22.5. The number of methoxy groups -OCH3 is 2. The fourth-order valence-electron chi connectivity index (χ4n) is 3.75. The van der Waals surface area contributed by atoms with E-state index in [0.29, 0.717) is 0 Å². The van der Waals surface area contributed by atoms with E-state index in [2.05, 4.69) is 96.7 Å². The van der Waals surface area contributed by atoms with Gasteiger partial charge >= 0.3 is 7.12 Å². The molecule has 8 heteroatoms. The summed E-state index contributed by atoms with van der Waals surface area (Å²) in [6, 6.07) is 10.2. The highest BCUT2D eigenvalue weighted by Gasteiger charge is 2.52. The molecule has 0 spiro atoms. The Morgan fingerprint density at radius 1 is 0.871 bits per heavy atom. The van der Waals surface area contributed by atoms with Crippen LogP contribution >= 0.6 is 31.9 Å². The van der Waals surface area contributed by atoms with Crippen molar-refractivity contribution < 1.29 is 18.8 Å². The van der Waals surface area contributed by atoms with Crippen LogP contribution in [0.2, 0.25) is 0 Å². The molecular weight excluding hydrogens is 525 g/mol. The smallest absolute Gasteiger partial charge is 0.495 e. The topological polar surface area (TPSA) is 40.2 Å². The van der Waals surface area contributed by atoms with Gasteiger partial charge in [-0.15, -0.1) is 0 Å². The molecule has 0 unspecified atom stereocenters. The van der Waals surface area contributed by atoms with E-state index in [1.54, 1.807) is 14.2 Å². The molecule has 1 fully saturated rings. The normalized spacial score (nSPS) is 18.4. The highest BCUT2D eigenvalue weighted by atomic mass is 79.9. The molecule has 0 aliphatic carbocycles. The third kappa shape index (κ3) is 4.69. The predicted molar refractivity (Wildman–Crippen MR) is 133 cm³/mol. The number of hydrogen-bond acceptors (Lipinski definition) is 5. The standard InChI is InChI=1S/C23H30BBr2NO4/c1-22(2)23(3,4)31-24(30-22)16-13-18(26)20(29-8)12-15(16)21(27(5)6)14-9-10-17(25)19(11-14)28-7/h9-13,21H,1-8H3/t21-/m0/s1. The minimum atomic E-state index is -0.498. The van der Waals surface area contributed by atoms with Gasteiger partial charge < -0.3 is 18.8 Å². The lowest BCUT2D eigenvalue weighted by Gasteiger charge is -2.32. The summed E-state index contributed by atoms with van der Waals surface area (Å²) < 4.78 is 25.8. The molecule has 5 nitrogen and oxygen atoms in total. The molecule has 0 aromatic heterocycles. The van der Waals surface area contributed by atoms with E-state index in [4.69, 9.17) is 18.8 Å². The maximum absolute atomic E-state index is 6.41. The summed E-state index contributed by atoms with van der Waals surface area (Å²) in [6.45, 7) is 8.25. The lowest BCUT2D eigenvalue weighted by molar-refractivity contribution is 0.00578. The zero-order valence-electron chi connectivity index (χ0n) is 19.4. The summed E-state index contributed by atoms with van der Waals surface area (Å²) in [4.78, 5) is 2.17. The molecule has 2 aromatic carbocycles. The van der Waals surface area contributed by atoms with Crippen LogP contribution in [0.5, 0.6) is 11.5 Å². The number of benzene rings is 2. The van der Waals surface area contributed by atoms with E-state index >= 15 is 0 Å². The van der Waals surface area contributed by atoms with Crippen LogP contribution in [-0.4, -0.2) is 51.5 Å². The minimum Gasteiger partial charge on any atom is -0.496 e. The molecule has 0 N–H and O–H groups in total. The van der Waals surface area contributed by atoms with Gasteiger partial charge in [-0.3, -0.25) is 4.90 Å². The number of hydrogen-bond donors (Lipinski definition) is 0. The van der Waals surface area contributed by atoms with Gasteiger partial charge in [0.1, 0.15) is 11.5 Å². The van der Waals surface area contributed by atoms with Crippen LogP contribution in [0.4, 0.5) is 0 Å². The zero-order chi connectivity index (χ0) is 23.1. The predicted octanol–water partition coefficient (Wildman–Crippen LogP) is 5.18. The molecule has 168 valence electrons. The maximum Gasteiger partial charge on any atom is 0.495 e. The highest BCUT2D eigenvalue weighted by Crippen LogP contribution is 2.40. The number of rotatable bonds is 6. The van der Waals surface area contributed by atoms with E-state index in [1.807, 2.05) is 12.1 Å². The quantitative estimate of drug-likeness (QED) is 0.460. The van der Waals surface area contributed by atoms with Crippen molar-refractivity contribution in [3.8, 4) is 11.5 Å². The number of halogens is 2. The van der Waals surface area contributed by atoms with E-state index < -0.39 is 18.3 Å². The van der Waals surface area contributed by atoms with Crippen molar-refractivity contribution >= 4 is 44.4 Å². The molecule has 0 bridgehead atoms. The Kier molecular flexibility index (Phi) is 7.19. The van der Waals surface area contributed by atoms with Crippen molar-refractivity contribution in [1.82, 2.24) is 4.90 Å². The Bertz CT molecular complexity index is 949. The van der Waals surface area contributed by atoms with Crippen LogP contribution in [0.1, 0.15) is 44.9 Å². The molecule has 0 radical (unpaired) electrons.